The van der Waals surface area contributed by atoms with Crippen molar-refractivity contribution in [3.8, 4) is 11.4 Å². The van der Waals surface area contributed by atoms with E-state index in [-0.39, 0.29) is 6.04 Å². The summed E-state index contributed by atoms with van der Waals surface area (Å²) in [6, 6.07) is 13.2. The van der Waals surface area contributed by atoms with Gasteiger partial charge in [-0.3, -0.25) is 0 Å². The zero-order valence-corrected chi connectivity index (χ0v) is 11.1. The normalized spacial score (nSPS) is 12.5. The molecule has 1 atom stereocenters. The summed E-state index contributed by atoms with van der Waals surface area (Å²) in [6.45, 7) is 2.23. The van der Waals surface area contributed by atoms with Crippen LogP contribution in [0, 0.1) is 6.92 Å². The number of nitrogens with zero attached hydrogens (tertiary/aromatic N) is 4. The molecule has 20 heavy (non-hydrogen) atoms. The number of benzene rings is 1. The highest BCUT2D eigenvalue weighted by Crippen LogP contribution is 2.19. The predicted octanol–water partition coefficient (Wildman–Crippen LogP) is 1.79. The van der Waals surface area contributed by atoms with Crippen molar-refractivity contribution in [1.29, 1.82) is 0 Å². The lowest BCUT2D eigenvalue weighted by atomic mass is 10.2. The quantitative estimate of drug-likeness (QED) is 0.780. The summed E-state index contributed by atoms with van der Waals surface area (Å²) in [6.07, 6.45) is 0. The minimum absolute atomic E-state index is 0.242. The lowest BCUT2D eigenvalue weighted by Gasteiger charge is -2.09. The maximum Gasteiger partial charge on any atom is 0.204 e. The molecular formula is C14H15N5O. The highest BCUT2D eigenvalue weighted by atomic mass is 16.3. The third kappa shape index (κ3) is 2.33. The first-order valence-corrected chi connectivity index (χ1v) is 6.39. The van der Waals surface area contributed by atoms with Crippen molar-refractivity contribution >= 4 is 0 Å². The highest BCUT2D eigenvalue weighted by Gasteiger charge is 2.19. The number of rotatable bonds is 4. The standard InChI is InChI=1S/C14H15N5O/c1-10-7-8-13(20-10)12(9-15)19-17-14(16-18-19)11-5-3-2-4-6-11/h2-8,12H,9,15H2,1H3. The molecule has 1 aromatic carbocycles. The molecule has 0 aliphatic rings. The maximum atomic E-state index is 5.81. The summed E-state index contributed by atoms with van der Waals surface area (Å²) in [5.74, 6) is 2.15. The summed E-state index contributed by atoms with van der Waals surface area (Å²) in [5.41, 5.74) is 6.73. The lowest BCUT2D eigenvalue weighted by molar-refractivity contribution is 0.368. The minimum atomic E-state index is -0.242. The number of aromatic nitrogens is 4. The third-order valence-electron chi connectivity index (χ3n) is 3.05. The van der Waals surface area contributed by atoms with E-state index < -0.39 is 0 Å². The van der Waals surface area contributed by atoms with E-state index in [0.29, 0.717) is 12.4 Å². The van der Waals surface area contributed by atoms with Gasteiger partial charge in [0.05, 0.1) is 0 Å². The molecule has 0 spiro atoms. The third-order valence-corrected chi connectivity index (χ3v) is 3.05. The zero-order valence-electron chi connectivity index (χ0n) is 11.1. The Labute approximate surface area is 116 Å². The Morgan fingerprint density at radius 2 is 2.00 bits per heavy atom. The summed E-state index contributed by atoms with van der Waals surface area (Å²) in [5, 5.41) is 12.5. The molecule has 102 valence electrons. The van der Waals surface area contributed by atoms with E-state index in [9.17, 15) is 0 Å². The Morgan fingerprint density at radius 1 is 1.20 bits per heavy atom. The van der Waals surface area contributed by atoms with Gasteiger partial charge in [-0.25, -0.2) is 0 Å². The van der Waals surface area contributed by atoms with Crippen LogP contribution in [0.15, 0.2) is 46.9 Å². The molecule has 0 saturated heterocycles. The fraction of sp³-hybridized carbons (Fsp3) is 0.214. The number of hydrogen-bond donors (Lipinski definition) is 1. The monoisotopic (exact) mass is 269 g/mol. The summed E-state index contributed by atoms with van der Waals surface area (Å²) in [4.78, 5) is 1.50. The van der Waals surface area contributed by atoms with E-state index in [0.717, 1.165) is 17.1 Å². The van der Waals surface area contributed by atoms with Crippen LogP contribution in [0.5, 0.6) is 0 Å². The molecule has 0 saturated carbocycles. The van der Waals surface area contributed by atoms with E-state index in [2.05, 4.69) is 15.4 Å². The molecule has 2 aromatic heterocycles. The average molecular weight is 269 g/mol. The number of nitrogens with two attached hydrogens (primary N) is 1. The van der Waals surface area contributed by atoms with Crippen LogP contribution in [0.1, 0.15) is 17.6 Å². The number of furan rings is 1. The molecule has 2 heterocycles. The van der Waals surface area contributed by atoms with Gasteiger partial charge in [-0.1, -0.05) is 30.3 Å². The Bertz CT molecular complexity index is 688. The van der Waals surface area contributed by atoms with Crippen molar-refractivity contribution in [3.05, 3.63) is 54.0 Å². The van der Waals surface area contributed by atoms with Crippen molar-refractivity contribution in [3.63, 3.8) is 0 Å². The van der Waals surface area contributed by atoms with Crippen LogP contribution in [0.25, 0.3) is 11.4 Å². The molecular weight excluding hydrogens is 254 g/mol. The van der Waals surface area contributed by atoms with Gasteiger partial charge >= 0.3 is 0 Å². The van der Waals surface area contributed by atoms with E-state index in [1.165, 1.54) is 4.80 Å². The minimum Gasteiger partial charge on any atom is -0.464 e. The lowest BCUT2D eigenvalue weighted by Crippen LogP contribution is -2.22. The molecule has 1 unspecified atom stereocenters. The van der Waals surface area contributed by atoms with Crippen LogP contribution in [0.4, 0.5) is 0 Å². The van der Waals surface area contributed by atoms with Gasteiger partial charge in [0.25, 0.3) is 0 Å². The van der Waals surface area contributed by atoms with Crippen molar-refractivity contribution in [2.75, 3.05) is 6.54 Å². The topological polar surface area (TPSA) is 82.8 Å². The van der Waals surface area contributed by atoms with E-state index in [4.69, 9.17) is 10.2 Å². The molecule has 0 amide bonds. The van der Waals surface area contributed by atoms with Crippen LogP contribution in [0.2, 0.25) is 0 Å². The summed E-state index contributed by atoms with van der Waals surface area (Å²) < 4.78 is 5.60. The van der Waals surface area contributed by atoms with E-state index in [1.54, 1.807) is 0 Å². The van der Waals surface area contributed by atoms with Crippen LogP contribution in [-0.4, -0.2) is 26.8 Å². The molecule has 3 rings (SSSR count). The van der Waals surface area contributed by atoms with Gasteiger partial charge in [0.15, 0.2) is 0 Å². The van der Waals surface area contributed by atoms with Gasteiger partial charge in [-0.05, 0) is 24.3 Å². The molecule has 2 N–H and O–H groups in total. The molecule has 6 heteroatoms. The SMILES string of the molecule is Cc1ccc(C(CN)n2nnc(-c3ccccc3)n2)o1. The van der Waals surface area contributed by atoms with Gasteiger partial charge < -0.3 is 10.2 Å². The Kier molecular flexibility index (Phi) is 3.30. The van der Waals surface area contributed by atoms with Gasteiger partial charge in [-0.15, -0.1) is 10.2 Å². The van der Waals surface area contributed by atoms with Crippen molar-refractivity contribution in [2.45, 2.75) is 13.0 Å². The first-order chi connectivity index (χ1) is 9.78. The Morgan fingerprint density at radius 3 is 2.65 bits per heavy atom. The molecule has 0 aliphatic carbocycles. The smallest absolute Gasteiger partial charge is 0.204 e. The fourth-order valence-corrected chi connectivity index (χ4v) is 2.02. The summed E-state index contributed by atoms with van der Waals surface area (Å²) in [7, 11) is 0. The molecule has 0 fully saturated rings. The second kappa shape index (κ2) is 5.26. The largest absolute Gasteiger partial charge is 0.464 e. The van der Waals surface area contributed by atoms with E-state index in [1.807, 2.05) is 49.4 Å². The van der Waals surface area contributed by atoms with Crippen molar-refractivity contribution in [2.24, 2.45) is 5.73 Å². The first-order valence-electron chi connectivity index (χ1n) is 6.39. The summed E-state index contributed by atoms with van der Waals surface area (Å²) >= 11 is 0. The second-order valence-corrected chi connectivity index (χ2v) is 4.50. The van der Waals surface area contributed by atoms with Crippen LogP contribution in [0.3, 0.4) is 0 Å². The number of hydrogen-bond acceptors (Lipinski definition) is 5. The molecule has 0 bridgehead atoms. The number of aryl methyl sites for hydroxylation is 1. The zero-order chi connectivity index (χ0) is 13.9. The predicted molar refractivity (Wildman–Crippen MR) is 73.9 cm³/mol. The Balaban J connectivity index is 1.92. The van der Waals surface area contributed by atoms with Crippen LogP contribution >= 0.6 is 0 Å². The van der Waals surface area contributed by atoms with Gasteiger partial charge in [0, 0.05) is 12.1 Å². The van der Waals surface area contributed by atoms with Crippen LogP contribution < -0.4 is 5.73 Å². The van der Waals surface area contributed by atoms with Crippen molar-refractivity contribution < 1.29 is 4.42 Å². The number of tetrazole rings is 1. The Hall–Kier alpha value is -2.47. The first kappa shape index (κ1) is 12.6. The van der Waals surface area contributed by atoms with Gasteiger partial charge in [0.2, 0.25) is 5.82 Å². The highest BCUT2D eigenvalue weighted by molar-refractivity contribution is 5.53. The fourth-order valence-electron chi connectivity index (χ4n) is 2.02. The van der Waals surface area contributed by atoms with Gasteiger partial charge in [-0.2, -0.15) is 4.80 Å². The van der Waals surface area contributed by atoms with Crippen molar-refractivity contribution in [1.82, 2.24) is 20.2 Å². The maximum absolute atomic E-state index is 5.81. The molecule has 3 aromatic rings. The van der Waals surface area contributed by atoms with Crippen LogP contribution in [-0.2, 0) is 0 Å². The molecule has 0 radical (unpaired) electrons. The average Bonchev–Trinajstić information content (AvgIpc) is 3.11. The molecule has 0 aliphatic heterocycles. The second-order valence-electron chi connectivity index (χ2n) is 4.50. The molecule has 6 nitrogen and oxygen atoms in total. The van der Waals surface area contributed by atoms with Gasteiger partial charge in [0.1, 0.15) is 17.6 Å². The van der Waals surface area contributed by atoms with E-state index >= 15 is 0 Å².